The minimum atomic E-state index is -2.51. The molecule has 130 valence electrons. The van der Waals surface area contributed by atoms with Crippen LogP contribution in [0.15, 0.2) is 42.9 Å². The number of fused-ring (bicyclic) bond motifs is 1. The number of hydrogen-bond donors (Lipinski definition) is 2. The zero-order valence-corrected chi connectivity index (χ0v) is 13.2. The first-order valence-corrected chi connectivity index (χ1v) is 7.37. The molecule has 25 heavy (non-hydrogen) atoms. The fourth-order valence-electron chi connectivity index (χ4n) is 2.37. The van der Waals surface area contributed by atoms with E-state index in [2.05, 4.69) is 20.7 Å². The molecule has 0 spiro atoms. The summed E-state index contributed by atoms with van der Waals surface area (Å²) in [5, 5.41) is 9.72. The highest BCUT2D eigenvalue weighted by Crippen LogP contribution is 2.29. The molecule has 7 nitrogen and oxygen atoms in total. The molecule has 2 N–H and O–H groups in total. The van der Waals surface area contributed by atoms with E-state index in [4.69, 9.17) is 4.74 Å². The number of methoxy groups -OCH3 is 1. The van der Waals surface area contributed by atoms with Gasteiger partial charge in [-0.2, -0.15) is 5.10 Å². The van der Waals surface area contributed by atoms with Crippen LogP contribution in [0.4, 0.5) is 25.0 Å². The van der Waals surface area contributed by atoms with Crippen LogP contribution < -0.4 is 15.4 Å². The summed E-state index contributed by atoms with van der Waals surface area (Å²) in [6.45, 7) is -0.530. The second-order valence-corrected chi connectivity index (χ2v) is 5.14. The van der Waals surface area contributed by atoms with Crippen LogP contribution in [0.1, 0.15) is 0 Å². The lowest BCUT2D eigenvalue weighted by Gasteiger charge is -2.11. The Morgan fingerprint density at radius 3 is 2.92 bits per heavy atom. The lowest BCUT2D eigenvalue weighted by atomic mass is 10.1. The molecule has 0 aliphatic rings. The number of alkyl halides is 2. The molecule has 0 fully saturated rings. The molecule has 1 aromatic carbocycles. The standard InChI is InChI=1S/C16H15F2N5O2/c1-25-13-5-4-12(11-3-2-6-19-15(11)13)22-16(24)21-10-7-20-23(8-10)9-14(17)18/h2-8,14H,9H2,1H3,(H2,21,22,24). The maximum Gasteiger partial charge on any atom is 0.323 e. The van der Waals surface area contributed by atoms with Gasteiger partial charge in [0.2, 0.25) is 0 Å². The van der Waals surface area contributed by atoms with E-state index in [1.54, 1.807) is 37.6 Å². The smallest absolute Gasteiger partial charge is 0.323 e. The van der Waals surface area contributed by atoms with E-state index in [0.29, 0.717) is 28.0 Å². The number of rotatable bonds is 5. The SMILES string of the molecule is COc1ccc(NC(=O)Nc2cnn(CC(F)F)c2)c2cccnc12. The van der Waals surface area contributed by atoms with Crippen LogP contribution in [0.3, 0.4) is 0 Å². The second-order valence-electron chi connectivity index (χ2n) is 5.14. The van der Waals surface area contributed by atoms with Gasteiger partial charge >= 0.3 is 6.03 Å². The van der Waals surface area contributed by atoms with Crippen LogP contribution >= 0.6 is 0 Å². The van der Waals surface area contributed by atoms with E-state index in [1.807, 2.05) is 0 Å². The highest BCUT2D eigenvalue weighted by molar-refractivity contribution is 6.06. The molecule has 0 saturated heterocycles. The van der Waals surface area contributed by atoms with E-state index in [9.17, 15) is 13.6 Å². The van der Waals surface area contributed by atoms with Gasteiger partial charge in [-0.15, -0.1) is 0 Å². The number of aromatic nitrogens is 3. The summed E-state index contributed by atoms with van der Waals surface area (Å²) in [6, 6.07) is 6.43. The molecule has 9 heteroatoms. The summed E-state index contributed by atoms with van der Waals surface area (Å²) in [5.74, 6) is 0.592. The van der Waals surface area contributed by atoms with Gasteiger partial charge in [0.05, 0.1) is 24.7 Å². The molecule has 0 bridgehead atoms. The third-order valence-electron chi connectivity index (χ3n) is 3.42. The molecule has 2 aromatic heterocycles. The number of nitrogens with zero attached hydrogens (tertiary/aromatic N) is 3. The summed E-state index contributed by atoms with van der Waals surface area (Å²) < 4.78 is 30.9. The number of pyridine rings is 1. The number of hydrogen-bond acceptors (Lipinski definition) is 4. The summed E-state index contributed by atoms with van der Waals surface area (Å²) in [4.78, 5) is 16.4. The van der Waals surface area contributed by atoms with E-state index < -0.39 is 19.0 Å². The van der Waals surface area contributed by atoms with Crippen molar-refractivity contribution in [2.24, 2.45) is 0 Å². The summed E-state index contributed by atoms with van der Waals surface area (Å²) in [7, 11) is 1.54. The van der Waals surface area contributed by atoms with Gasteiger partial charge in [-0.25, -0.2) is 13.6 Å². The Labute approximate surface area is 141 Å². The van der Waals surface area contributed by atoms with E-state index in [0.717, 1.165) is 4.68 Å². The van der Waals surface area contributed by atoms with Crippen molar-refractivity contribution in [3.8, 4) is 5.75 Å². The quantitative estimate of drug-likeness (QED) is 0.742. The predicted octanol–water partition coefficient (Wildman–Crippen LogP) is 3.35. The number of carbonyl (C=O) groups excluding carboxylic acids is 1. The molecule has 0 radical (unpaired) electrons. The maximum atomic E-state index is 12.3. The van der Waals surface area contributed by atoms with Gasteiger partial charge < -0.3 is 15.4 Å². The van der Waals surface area contributed by atoms with Gasteiger partial charge in [-0.05, 0) is 24.3 Å². The predicted molar refractivity (Wildman–Crippen MR) is 89.2 cm³/mol. The Hall–Kier alpha value is -3.23. The minimum Gasteiger partial charge on any atom is -0.494 e. The number of anilines is 2. The molecular formula is C16H15F2N5O2. The monoisotopic (exact) mass is 347 g/mol. The molecule has 0 aliphatic heterocycles. The highest BCUT2D eigenvalue weighted by atomic mass is 19.3. The lowest BCUT2D eigenvalue weighted by Crippen LogP contribution is -2.19. The normalized spacial score (nSPS) is 10.9. The number of urea groups is 1. The van der Waals surface area contributed by atoms with Crippen LogP contribution in [0.25, 0.3) is 10.9 Å². The van der Waals surface area contributed by atoms with Crippen molar-refractivity contribution in [2.45, 2.75) is 13.0 Å². The van der Waals surface area contributed by atoms with E-state index >= 15 is 0 Å². The average molecular weight is 347 g/mol. The van der Waals surface area contributed by atoms with Crippen LogP contribution in [0, 0.1) is 0 Å². The van der Waals surface area contributed by atoms with Gasteiger partial charge in [0.25, 0.3) is 6.43 Å². The fraction of sp³-hybridized carbons (Fsp3) is 0.188. The first-order chi connectivity index (χ1) is 12.1. The van der Waals surface area contributed by atoms with Crippen molar-refractivity contribution in [3.63, 3.8) is 0 Å². The van der Waals surface area contributed by atoms with Gasteiger partial charge in [0.15, 0.2) is 0 Å². The van der Waals surface area contributed by atoms with Crippen molar-refractivity contribution in [1.82, 2.24) is 14.8 Å². The molecule has 2 amide bonds. The van der Waals surface area contributed by atoms with Gasteiger partial charge in [0.1, 0.15) is 17.8 Å². The summed E-state index contributed by atoms with van der Waals surface area (Å²) in [5.41, 5.74) is 1.48. The topological polar surface area (TPSA) is 81.1 Å². The zero-order chi connectivity index (χ0) is 17.8. The van der Waals surface area contributed by atoms with Crippen molar-refractivity contribution in [1.29, 1.82) is 0 Å². The fourth-order valence-corrected chi connectivity index (χ4v) is 2.37. The van der Waals surface area contributed by atoms with Crippen molar-refractivity contribution >= 4 is 28.3 Å². The van der Waals surface area contributed by atoms with E-state index in [1.165, 1.54) is 12.4 Å². The molecule has 3 aromatic rings. The van der Waals surface area contributed by atoms with Crippen molar-refractivity contribution < 1.29 is 18.3 Å². The zero-order valence-electron chi connectivity index (χ0n) is 13.2. The van der Waals surface area contributed by atoms with Crippen LogP contribution in [-0.4, -0.2) is 34.3 Å². The molecule has 2 heterocycles. The van der Waals surface area contributed by atoms with Gasteiger partial charge in [0, 0.05) is 17.8 Å². The first kappa shape index (κ1) is 16.6. The molecule has 0 saturated carbocycles. The maximum absolute atomic E-state index is 12.3. The number of halogens is 2. The molecular weight excluding hydrogens is 332 g/mol. The summed E-state index contributed by atoms with van der Waals surface area (Å²) in [6.07, 6.45) is 1.75. The second kappa shape index (κ2) is 7.12. The van der Waals surface area contributed by atoms with Crippen molar-refractivity contribution in [2.75, 3.05) is 17.7 Å². The Morgan fingerprint density at radius 2 is 2.16 bits per heavy atom. The third-order valence-corrected chi connectivity index (χ3v) is 3.42. The van der Waals surface area contributed by atoms with Gasteiger partial charge in [-0.1, -0.05) is 0 Å². The molecule has 0 aliphatic carbocycles. The largest absolute Gasteiger partial charge is 0.494 e. The molecule has 3 rings (SSSR count). The highest BCUT2D eigenvalue weighted by Gasteiger charge is 2.11. The number of carbonyl (C=O) groups is 1. The van der Waals surface area contributed by atoms with Crippen LogP contribution in [0.2, 0.25) is 0 Å². The molecule has 0 atom stereocenters. The lowest BCUT2D eigenvalue weighted by molar-refractivity contribution is 0.122. The Balaban J connectivity index is 1.75. The Bertz CT molecular complexity index is 897. The number of amides is 2. The third kappa shape index (κ3) is 3.82. The minimum absolute atomic E-state index is 0.314. The number of benzene rings is 1. The average Bonchev–Trinajstić information content (AvgIpc) is 3.01. The van der Waals surface area contributed by atoms with Crippen LogP contribution in [0.5, 0.6) is 5.75 Å². The van der Waals surface area contributed by atoms with Crippen molar-refractivity contribution in [3.05, 3.63) is 42.9 Å². The van der Waals surface area contributed by atoms with Crippen LogP contribution in [-0.2, 0) is 6.54 Å². The van der Waals surface area contributed by atoms with E-state index in [-0.39, 0.29) is 0 Å². The van der Waals surface area contributed by atoms with Gasteiger partial charge in [-0.3, -0.25) is 9.67 Å². The first-order valence-electron chi connectivity index (χ1n) is 7.37. The number of nitrogens with one attached hydrogen (secondary N) is 2. The Kier molecular flexibility index (Phi) is 4.73. The number of ether oxygens (including phenoxy) is 1. The summed E-state index contributed by atoms with van der Waals surface area (Å²) >= 11 is 0. The Morgan fingerprint density at radius 1 is 1.32 bits per heavy atom. The molecule has 0 unspecified atom stereocenters.